The zero-order chi connectivity index (χ0) is 55.3. The summed E-state index contributed by atoms with van der Waals surface area (Å²) in [6.45, 7) is 31.6. The van der Waals surface area contributed by atoms with E-state index >= 15 is 0 Å². The minimum Gasteiger partial charge on any atom is -1.00 e. The second-order valence-corrected chi connectivity index (χ2v) is 37.2. The van der Waals surface area contributed by atoms with E-state index in [4.69, 9.17) is 14.2 Å². The Morgan fingerprint density at radius 3 is 0.857 bits per heavy atom. The highest BCUT2D eigenvalue weighted by molar-refractivity contribution is 7.97. The summed E-state index contributed by atoms with van der Waals surface area (Å²) in [5, 5.41) is 1.61. The van der Waals surface area contributed by atoms with Crippen molar-refractivity contribution < 1.29 is 26.6 Å². The molecule has 0 aromatic heterocycles. The third-order valence-corrected chi connectivity index (χ3v) is 26.4. The van der Waals surface area contributed by atoms with E-state index in [9.17, 15) is 0 Å². The molecular formula is C69H123ClO3SSi3. The van der Waals surface area contributed by atoms with Gasteiger partial charge >= 0.3 is 0 Å². The van der Waals surface area contributed by atoms with Crippen LogP contribution in [0, 0.1) is 0 Å². The van der Waals surface area contributed by atoms with E-state index in [1.807, 2.05) is 0 Å². The van der Waals surface area contributed by atoms with Gasteiger partial charge in [-0.1, -0.05) is 255 Å². The highest BCUT2D eigenvalue weighted by Crippen LogP contribution is 2.40. The van der Waals surface area contributed by atoms with Crippen molar-refractivity contribution in [1.29, 1.82) is 0 Å². The van der Waals surface area contributed by atoms with Crippen molar-refractivity contribution in [2.75, 3.05) is 19.8 Å². The molecule has 0 unspecified atom stereocenters. The fourth-order valence-corrected chi connectivity index (χ4v) is 19.3. The van der Waals surface area contributed by atoms with Crippen molar-refractivity contribution in [3.8, 4) is 17.2 Å². The Balaban J connectivity index is 0.0000203. The van der Waals surface area contributed by atoms with E-state index in [-0.39, 0.29) is 51.9 Å². The van der Waals surface area contributed by atoms with E-state index in [1.165, 1.54) is 184 Å². The van der Waals surface area contributed by atoms with Gasteiger partial charge in [0.25, 0.3) is 0 Å². The van der Waals surface area contributed by atoms with E-state index in [0.717, 1.165) is 94.9 Å². The maximum absolute atomic E-state index is 6.69. The summed E-state index contributed by atoms with van der Waals surface area (Å²) in [4.78, 5) is 4.25. The number of hydrogen-bond acceptors (Lipinski definition) is 3. The Hall–Kier alpha value is -1.65. The van der Waals surface area contributed by atoms with Gasteiger partial charge in [-0.15, -0.1) is 0 Å². The van der Waals surface area contributed by atoms with Crippen molar-refractivity contribution in [2.24, 2.45) is 0 Å². The Bertz CT molecular complexity index is 1720. The van der Waals surface area contributed by atoms with Gasteiger partial charge in [0.05, 0.1) is 30.7 Å². The van der Waals surface area contributed by atoms with Crippen LogP contribution >= 0.6 is 0 Å². The molecule has 0 N–H and O–H groups in total. The molecule has 0 amide bonds. The number of ether oxygens (including phenoxy) is 3. The second-order valence-electron chi connectivity index (χ2n) is 25.8. The quantitative estimate of drug-likeness (QED) is 0.0320. The highest BCUT2D eigenvalue weighted by Gasteiger charge is 2.32. The topological polar surface area (TPSA) is 27.7 Å². The summed E-state index contributed by atoms with van der Waals surface area (Å²) in [6, 6.07) is 26.4. The zero-order valence-corrected chi connectivity index (χ0v) is 58.6. The van der Waals surface area contributed by atoms with Crippen LogP contribution in [0.2, 0.25) is 33.2 Å². The van der Waals surface area contributed by atoms with E-state index in [0.29, 0.717) is 15.1 Å². The van der Waals surface area contributed by atoms with Gasteiger partial charge in [-0.25, -0.2) is 0 Å². The minimum atomic E-state index is -0.317. The lowest BCUT2D eigenvalue weighted by Crippen LogP contribution is -3.00. The summed E-state index contributed by atoms with van der Waals surface area (Å²) < 4.78 is 20.1. The molecule has 0 atom stereocenters. The molecular weight excluding hydrogens is 1030 g/mol. The summed E-state index contributed by atoms with van der Waals surface area (Å²) >= 11 is 0. The average molecular weight is 1150 g/mol. The molecule has 3 aromatic carbocycles. The van der Waals surface area contributed by atoms with Crippen molar-refractivity contribution in [1.82, 2.24) is 0 Å². The number of aryl methyl sites for hydroxylation is 3. The van der Waals surface area contributed by atoms with Gasteiger partial charge in [-0.3, -0.25) is 0 Å². The number of rotatable bonds is 48. The number of hydrogen-bond donors (Lipinski definition) is 0. The predicted octanol–water partition coefficient (Wildman–Crippen LogP) is 17.6. The normalized spacial score (nSPS) is 12.9. The molecule has 3 rings (SSSR count). The maximum Gasteiger partial charge on any atom is 0.167 e. The maximum atomic E-state index is 6.69. The summed E-state index contributed by atoms with van der Waals surface area (Å²) in [5.74, 6) is 3.33. The number of unbranched alkanes of at least 4 members (excludes halogenated alkanes) is 15. The molecule has 0 heterocycles. The van der Waals surface area contributed by atoms with Crippen molar-refractivity contribution >= 4 is 39.5 Å². The van der Waals surface area contributed by atoms with Gasteiger partial charge in [0.2, 0.25) is 0 Å². The van der Waals surface area contributed by atoms with Crippen LogP contribution in [0.3, 0.4) is 0 Å². The number of benzene rings is 3. The van der Waals surface area contributed by atoms with Crippen molar-refractivity contribution in [3.63, 3.8) is 0 Å². The molecule has 0 bridgehead atoms. The lowest BCUT2D eigenvalue weighted by Gasteiger charge is -2.24. The molecule has 3 nitrogen and oxygen atoms in total. The standard InChI is InChI=1S/C69H123O3SSi3.ClH/c1-13-19-25-28-31-46-67(7,8)74-52-34-37-58-55-61(40-43-64(58)70-49-22-16-4)73(62-41-44-65(71-50-23-17-5)59(56-62)38-35-53-75-68(9,10)47-32-29-26-20-14-2)63-42-45-66(72-51-24-18-6)60(57-63)39-36-54-76-69(11,12)48-33-30-27-21-15-3;/h40-45,55-57H,13-39,46-54,74-76H2,1-12H3;1H/q+1;/p-1. The first-order valence-corrected chi connectivity index (χ1v) is 39.1. The summed E-state index contributed by atoms with van der Waals surface area (Å²) in [5.41, 5.74) is 4.23. The number of halogens is 1. The van der Waals surface area contributed by atoms with Gasteiger partial charge in [0.15, 0.2) is 14.7 Å². The first-order chi connectivity index (χ1) is 36.7. The zero-order valence-electron chi connectivity index (χ0n) is 52.8. The monoisotopic (exact) mass is 1150 g/mol. The van der Waals surface area contributed by atoms with Crippen LogP contribution < -0.4 is 26.6 Å². The van der Waals surface area contributed by atoms with Gasteiger partial charge < -0.3 is 26.6 Å². The third kappa shape index (κ3) is 30.8. The Morgan fingerprint density at radius 2 is 0.597 bits per heavy atom. The largest absolute Gasteiger partial charge is 1.00 e. The molecule has 0 spiro atoms. The third-order valence-electron chi connectivity index (χ3n) is 16.6. The van der Waals surface area contributed by atoms with Gasteiger partial charge in [0.1, 0.15) is 17.2 Å². The summed E-state index contributed by atoms with van der Waals surface area (Å²) in [7, 11) is -0.908. The van der Waals surface area contributed by atoms with Gasteiger partial charge in [-0.2, -0.15) is 0 Å². The van der Waals surface area contributed by atoms with Crippen LogP contribution in [0.1, 0.15) is 273 Å². The minimum absolute atomic E-state index is 0. The first-order valence-electron chi connectivity index (χ1n) is 32.7. The SMILES string of the molecule is CCCCCCCC(C)(C)[SiH2]CCCc1cc([S+](c2ccc(OCCCC)c(CCC[SiH2]C(C)(C)CCCCCCC)c2)c2ccc(OCCCC)c(CCC[SiH2]C(C)(C)CCCCCCC)c2)ccc1OCCCC.[Cl-]. The van der Waals surface area contributed by atoms with Crippen LogP contribution in [0.4, 0.5) is 0 Å². The molecule has 8 heteroatoms. The Labute approximate surface area is 494 Å². The average Bonchev–Trinajstić information content (AvgIpc) is 3.39. The van der Waals surface area contributed by atoms with Crippen LogP contribution in [-0.2, 0) is 30.2 Å². The molecule has 0 saturated carbocycles. The smallest absolute Gasteiger partial charge is 0.167 e. The van der Waals surface area contributed by atoms with Gasteiger partial charge in [-0.05, 0) is 107 Å². The van der Waals surface area contributed by atoms with E-state index in [2.05, 4.69) is 138 Å². The molecule has 0 fully saturated rings. The highest BCUT2D eigenvalue weighted by atomic mass is 35.5. The van der Waals surface area contributed by atoms with Crippen molar-refractivity contribution in [2.45, 2.75) is 324 Å². The van der Waals surface area contributed by atoms with Crippen LogP contribution in [0.25, 0.3) is 0 Å². The van der Waals surface area contributed by atoms with Gasteiger partial charge in [0, 0.05) is 46.8 Å². The molecule has 0 saturated heterocycles. The lowest BCUT2D eigenvalue weighted by atomic mass is 10.0. The fraction of sp³-hybridized carbons (Fsp3) is 0.739. The molecule has 0 aliphatic heterocycles. The lowest BCUT2D eigenvalue weighted by molar-refractivity contribution is -0.0000182. The predicted molar refractivity (Wildman–Crippen MR) is 350 cm³/mol. The molecule has 442 valence electrons. The van der Waals surface area contributed by atoms with Crippen LogP contribution in [-0.4, -0.2) is 48.4 Å². The Morgan fingerprint density at radius 1 is 0.338 bits per heavy atom. The van der Waals surface area contributed by atoms with E-state index < -0.39 is 0 Å². The second kappa shape index (κ2) is 42.2. The summed E-state index contributed by atoms with van der Waals surface area (Å²) in [6.07, 6.45) is 38.8. The Kier molecular flexibility index (Phi) is 39.2. The molecule has 0 aliphatic carbocycles. The fourth-order valence-electron chi connectivity index (χ4n) is 11.2. The molecule has 0 aliphatic rings. The first kappa shape index (κ1) is 71.5. The molecule has 3 aromatic rings. The molecule has 0 radical (unpaired) electrons. The molecule has 77 heavy (non-hydrogen) atoms. The van der Waals surface area contributed by atoms with Crippen molar-refractivity contribution in [3.05, 3.63) is 71.3 Å². The van der Waals surface area contributed by atoms with Crippen LogP contribution in [0.5, 0.6) is 17.2 Å². The van der Waals surface area contributed by atoms with E-state index in [1.54, 1.807) is 0 Å². The van der Waals surface area contributed by atoms with Crippen LogP contribution in [0.15, 0.2) is 69.3 Å².